The Morgan fingerprint density at radius 1 is 1.15 bits per heavy atom. The van der Waals surface area contributed by atoms with Gasteiger partial charge in [0.25, 0.3) is 5.91 Å². The standard InChI is InChI=1S/C22H24FN7O.C3H6/c1-3-30-13-17-19(28-8-6-24-7-9-28)5-4-16(20(17)27-30)22(31)26-15-10-18(23)21-25-14(2)11-29(21)12-15;1-2-3-1/h4-5,10-13,24H,3,6-9H2,1-2H3,(H,26,31);1-3H2. The van der Waals surface area contributed by atoms with Gasteiger partial charge in [-0.3, -0.25) is 9.48 Å². The number of amides is 1. The van der Waals surface area contributed by atoms with Gasteiger partial charge in [0.05, 0.1) is 16.9 Å². The molecule has 34 heavy (non-hydrogen) atoms. The molecule has 6 rings (SSSR count). The molecule has 4 aromatic rings. The highest BCUT2D eigenvalue weighted by atomic mass is 19.1. The van der Waals surface area contributed by atoms with Crippen LogP contribution in [0, 0.1) is 12.7 Å². The second kappa shape index (κ2) is 9.42. The molecule has 0 spiro atoms. The van der Waals surface area contributed by atoms with E-state index in [0.717, 1.165) is 37.3 Å². The predicted molar refractivity (Wildman–Crippen MR) is 132 cm³/mol. The van der Waals surface area contributed by atoms with Crippen LogP contribution in [-0.2, 0) is 6.54 Å². The van der Waals surface area contributed by atoms with Crippen molar-refractivity contribution in [1.82, 2.24) is 24.5 Å². The number of rotatable bonds is 4. The van der Waals surface area contributed by atoms with Crippen molar-refractivity contribution in [1.29, 1.82) is 0 Å². The first-order valence-electron chi connectivity index (χ1n) is 12.0. The zero-order valence-electron chi connectivity index (χ0n) is 19.6. The van der Waals surface area contributed by atoms with E-state index in [1.807, 2.05) is 23.9 Å². The molecule has 1 aromatic carbocycles. The Labute approximate surface area is 197 Å². The van der Waals surface area contributed by atoms with Crippen molar-refractivity contribution in [2.45, 2.75) is 39.7 Å². The number of nitrogens with one attached hydrogen (secondary N) is 2. The molecule has 1 saturated heterocycles. The topological polar surface area (TPSA) is 79.5 Å². The van der Waals surface area contributed by atoms with Gasteiger partial charge in [-0.2, -0.15) is 5.10 Å². The fourth-order valence-electron chi connectivity index (χ4n) is 4.11. The van der Waals surface area contributed by atoms with E-state index in [1.54, 1.807) is 29.8 Å². The van der Waals surface area contributed by atoms with Crippen LogP contribution in [0.15, 0.2) is 36.8 Å². The second-order valence-corrected chi connectivity index (χ2v) is 8.82. The molecule has 1 amide bonds. The van der Waals surface area contributed by atoms with E-state index in [1.165, 1.54) is 25.3 Å². The molecule has 8 nitrogen and oxygen atoms in total. The minimum absolute atomic E-state index is 0.236. The maximum absolute atomic E-state index is 14.4. The summed E-state index contributed by atoms with van der Waals surface area (Å²) in [6.45, 7) is 8.18. The Morgan fingerprint density at radius 2 is 1.91 bits per heavy atom. The molecule has 0 unspecified atom stereocenters. The fraction of sp³-hybridized carbons (Fsp3) is 0.400. The molecule has 0 atom stereocenters. The number of benzene rings is 1. The third-order valence-electron chi connectivity index (χ3n) is 5.97. The van der Waals surface area contributed by atoms with Crippen LogP contribution in [0.3, 0.4) is 0 Å². The maximum atomic E-state index is 14.4. The lowest BCUT2D eigenvalue weighted by Crippen LogP contribution is -2.43. The number of aryl methyl sites for hydroxylation is 2. The van der Waals surface area contributed by atoms with Crippen molar-refractivity contribution in [3.05, 3.63) is 53.9 Å². The zero-order valence-corrected chi connectivity index (χ0v) is 19.6. The summed E-state index contributed by atoms with van der Waals surface area (Å²) in [5, 5.41) is 11.8. The summed E-state index contributed by atoms with van der Waals surface area (Å²) in [5.74, 6) is -0.811. The quantitative estimate of drug-likeness (QED) is 0.479. The summed E-state index contributed by atoms with van der Waals surface area (Å²) in [5.41, 5.74) is 3.49. The van der Waals surface area contributed by atoms with Crippen LogP contribution in [0.2, 0.25) is 0 Å². The van der Waals surface area contributed by atoms with Gasteiger partial charge in [0, 0.05) is 68.5 Å². The van der Waals surface area contributed by atoms with Crippen molar-refractivity contribution in [2.75, 3.05) is 36.4 Å². The number of anilines is 2. The third kappa shape index (κ3) is 4.61. The average molecular weight is 464 g/mol. The summed E-state index contributed by atoms with van der Waals surface area (Å²) in [4.78, 5) is 19.6. The van der Waals surface area contributed by atoms with Crippen molar-refractivity contribution in [3.8, 4) is 0 Å². The highest BCUT2D eigenvalue weighted by Crippen LogP contribution is 2.30. The van der Waals surface area contributed by atoms with Gasteiger partial charge in [0.1, 0.15) is 5.52 Å². The summed E-state index contributed by atoms with van der Waals surface area (Å²) in [6, 6.07) is 5.07. The van der Waals surface area contributed by atoms with E-state index in [-0.39, 0.29) is 11.6 Å². The zero-order chi connectivity index (χ0) is 23.7. The van der Waals surface area contributed by atoms with Gasteiger partial charge in [-0.15, -0.1) is 0 Å². The molecule has 9 heteroatoms. The van der Waals surface area contributed by atoms with Crippen molar-refractivity contribution >= 4 is 33.8 Å². The van der Waals surface area contributed by atoms with E-state index in [4.69, 9.17) is 0 Å². The maximum Gasteiger partial charge on any atom is 0.257 e. The van der Waals surface area contributed by atoms with E-state index in [9.17, 15) is 9.18 Å². The Bertz CT molecular complexity index is 1330. The molecule has 2 aliphatic rings. The lowest BCUT2D eigenvalue weighted by molar-refractivity contribution is 0.102. The molecule has 1 aliphatic heterocycles. The Balaban J connectivity index is 0.000000745. The number of fused-ring (bicyclic) bond motifs is 2. The van der Waals surface area contributed by atoms with Crippen LogP contribution in [0.4, 0.5) is 15.8 Å². The summed E-state index contributed by atoms with van der Waals surface area (Å²) in [7, 11) is 0. The van der Waals surface area contributed by atoms with Gasteiger partial charge in [-0.1, -0.05) is 19.3 Å². The number of halogens is 1. The molecular weight excluding hydrogens is 433 g/mol. The lowest BCUT2D eigenvalue weighted by Gasteiger charge is -2.30. The second-order valence-electron chi connectivity index (χ2n) is 8.82. The predicted octanol–water partition coefficient (Wildman–Crippen LogP) is 3.98. The van der Waals surface area contributed by atoms with Crippen molar-refractivity contribution in [2.24, 2.45) is 0 Å². The molecule has 0 radical (unpaired) electrons. The number of piperazine rings is 1. The number of carbonyl (C=O) groups is 1. The normalized spacial score (nSPS) is 15.3. The minimum Gasteiger partial charge on any atom is -0.368 e. The van der Waals surface area contributed by atoms with Crippen LogP contribution in [-0.4, -0.2) is 51.3 Å². The first-order valence-corrected chi connectivity index (χ1v) is 12.0. The molecule has 1 saturated carbocycles. The monoisotopic (exact) mass is 463 g/mol. The van der Waals surface area contributed by atoms with Crippen molar-refractivity contribution < 1.29 is 9.18 Å². The number of aromatic nitrogens is 4. The first kappa shape index (κ1) is 22.3. The van der Waals surface area contributed by atoms with E-state index in [0.29, 0.717) is 29.0 Å². The first-order chi connectivity index (χ1) is 16.5. The van der Waals surface area contributed by atoms with Crippen LogP contribution in [0.1, 0.15) is 42.2 Å². The molecule has 2 fully saturated rings. The van der Waals surface area contributed by atoms with Gasteiger partial charge in [-0.05, 0) is 26.0 Å². The summed E-state index contributed by atoms with van der Waals surface area (Å²) in [6.07, 6.45) is 9.87. The van der Waals surface area contributed by atoms with Crippen LogP contribution >= 0.6 is 0 Å². The highest BCUT2D eigenvalue weighted by Gasteiger charge is 2.20. The number of pyridine rings is 1. The number of nitrogens with zero attached hydrogens (tertiary/aromatic N) is 5. The Morgan fingerprint density at radius 3 is 2.62 bits per heavy atom. The molecule has 2 N–H and O–H groups in total. The van der Waals surface area contributed by atoms with Crippen LogP contribution < -0.4 is 15.5 Å². The van der Waals surface area contributed by atoms with Gasteiger partial charge in [0.15, 0.2) is 11.5 Å². The van der Waals surface area contributed by atoms with Crippen LogP contribution in [0.5, 0.6) is 0 Å². The van der Waals surface area contributed by atoms with E-state index >= 15 is 0 Å². The number of hydrogen-bond donors (Lipinski definition) is 2. The fourth-order valence-corrected chi connectivity index (χ4v) is 4.11. The molecule has 1 aliphatic carbocycles. The van der Waals surface area contributed by atoms with Gasteiger partial charge >= 0.3 is 0 Å². The molecule has 178 valence electrons. The molecule has 4 heterocycles. The Kier molecular flexibility index (Phi) is 6.19. The van der Waals surface area contributed by atoms with Gasteiger partial charge in [0.2, 0.25) is 0 Å². The van der Waals surface area contributed by atoms with E-state index < -0.39 is 5.82 Å². The number of carbonyl (C=O) groups excluding carboxylic acids is 1. The smallest absolute Gasteiger partial charge is 0.257 e. The Hall–Kier alpha value is -3.46. The SMILES string of the molecule is C1CC1.CCn1cc2c(N3CCNCC3)ccc(C(=O)Nc3cc(F)c4nc(C)cn4c3)c2n1. The number of imidazole rings is 1. The molecule has 3 aromatic heterocycles. The largest absolute Gasteiger partial charge is 0.368 e. The van der Waals surface area contributed by atoms with Crippen molar-refractivity contribution in [3.63, 3.8) is 0 Å². The summed E-state index contributed by atoms with van der Waals surface area (Å²) < 4.78 is 17.8. The highest BCUT2D eigenvalue weighted by molar-refractivity contribution is 6.13. The third-order valence-corrected chi connectivity index (χ3v) is 5.97. The molecular formula is C25H30FN7O. The average Bonchev–Trinajstić information content (AvgIpc) is 3.58. The number of hydrogen-bond acceptors (Lipinski definition) is 5. The van der Waals surface area contributed by atoms with E-state index in [2.05, 4.69) is 25.6 Å². The minimum atomic E-state index is -0.486. The molecule has 0 bridgehead atoms. The van der Waals surface area contributed by atoms with Crippen LogP contribution in [0.25, 0.3) is 16.6 Å². The van der Waals surface area contributed by atoms with Gasteiger partial charge < -0.3 is 19.9 Å². The van der Waals surface area contributed by atoms with Gasteiger partial charge in [-0.25, -0.2) is 9.37 Å². The lowest BCUT2D eigenvalue weighted by atomic mass is 10.1. The summed E-state index contributed by atoms with van der Waals surface area (Å²) >= 11 is 0.